The van der Waals surface area contributed by atoms with Gasteiger partial charge in [-0.05, 0) is 24.3 Å². The van der Waals surface area contributed by atoms with E-state index in [2.05, 4.69) is 20.5 Å². The van der Waals surface area contributed by atoms with Gasteiger partial charge in [0.1, 0.15) is 5.71 Å². The third kappa shape index (κ3) is 14.9. The summed E-state index contributed by atoms with van der Waals surface area (Å²) >= 11 is 0. The third-order valence-electron chi connectivity index (χ3n) is 3.15. The Labute approximate surface area is 213 Å². The molecule has 0 saturated heterocycles. The van der Waals surface area contributed by atoms with Crippen molar-refractivity contribution in [3.05, 3.63) is 127 Å². The van der Waals surface area contributed by atoms with Crippen LogP contribution in [-0.2, 0) is 0 Å². The van der Waals surface area contributed by atoms with E-state index in [4.69, 9.17) is 35.7 Å². The van der Waals surface area contributed by atoms with Crippen LogP contribution in [0.4, 0.5) is 0 Å². The fourth-order valence-corrected chi connectivity index (χ4v) is 2.04. The maximum Gasteiger partial charge on any atom is 2.00 e. The number of carbonyl (C=O) groups excluding carboxylic acids is 1. The largest absolute Gasteiger partial charge is 2.00 e. The molecule has 3 aromatic rings. The van der Waals surface area contributed by atoms with Crippen molar-refractivity contribution in [3.63, 3.8) is 0 Å². The molecule has 2 aromatic heterocycles. The number of nitrogens with zero attached hydrogens (tertiary/aromatic N) is 5. The van der Waals surface area contributed by atoms with E-state index in [0.717, 1.165) is 12.7 Å². The van der Waals surface area contributed by atoms with Crippen LogP contribution in [0.2, 0.25) is 0 Å². The van der Waals surface area contributed by atoms with E-state index in [1.807, 2.05) is 48.5 Å². The number of rotatable bonds is 4. The monoisotopic (exact) mass is 666 g/mol. The van der Waals surface area contributed by atoms with Gasteiger partial charge in [-0.3, -0.25) is 14.8 Å². The second-order valence-corrected chi connectivity index (χ2v) is 5.17. The smallest absolute Gasteiger partial charge is 0.400 e. The molecule has 0 spiro atoms. The summed E-state index contributed by atoms with van der Waals surface area (Å²) in [5, 5.41) is 40.8. The maximum absolute atomic E-state index is 12.1. The molecule has 0 saturated carbocycles. The van der Waals surface area contributed by atoms with Crippen LogP contribution in [-0.4, -0.2) is 71.3 Å². The van der Waals surface area contributed by atoms with Crippen LogP contribution >= 0.6 is 0 Å². The first kappa shape index (κ1) is 32.1. The van der Waals surface area contributed by atoms with Gasteiger partial charge < -0.3 is 35.7 Å². The Bertz CT molecular complexity index is 950. The SMILES string of the molecule is CO.O=C(N/N=C(\c1ccccc1)c1ccccn1)c1cccnc1.O=[N+]([O-])[O-].O=[N+]([O-])[O-].[Pb+2]. The van der Waals surface area contributed by atoms with Crippen molar-refractivity contribution >= 4 is 38.9 Å². The summed E-state index contributed by atoms with van der Waals surface area (Å²) in [6.07, 6.45) is 4.80. The standard InChI is InChI=1S/C18H14N4O.CH4O.2NO3.Pb/c23-18(15-9-6-11-19-13-15)22-21-17(14-7-2-1-3-8-14)16-10-4-5-12-20-16;1-2;2*2-1(3)4;/h1-13H,(H,22,23);2H,1H3;;;/q;;2*-1;+2/b21-17+;;;;. The number of aliphatic hydroxyl groups is 1. The number of benzene rings is 1. The molecular weight excluding hydrogens is 647 g/mol. The Hall–Kier alpha value is -4.06. The molecule has 15 heteroatoms. The number of aromatic nitrogens is 2. The van der Waals surface area contributed by atoms with Crippen LogP contribution < -0.4 is 5.43 Å². The Morgan fingerprint density at radius 2 is 1.38 bits per heavy atom. The Kier molecular flexibility index (Phi) is 18.5. The fourth-order valence-electron chi connectivity index (χ4n) is 2.04. The van der Waals surface area contributed by atoms with Gasteiger partial charge in [0, 0.05) is 31.3 Å². The number of hydrazone groups is 1. The van der Waals surface area contributed by atoms with E-state index in [1.165, 1.54) is 6.20 Å². The van der Waals surface area contributed by atoms with Crippen LogP contribution in [0.25, 0.3) is 0 Å². The molecule has 0 aliphatic rings. The number of hydrogen-bond donors (Lipinski definition) is 2. The summed E-state index contributed by atoms with van der Waals surface area (Å²) in [4.78, 5) is 36.9. The normalized spacial score (nSPS) is 9.06. The van der Waals surface area contributed by atoms with E-state index in [9.17, 15) is 4.79 Å². The number of carbonyl (C=O) groups is 1. The second-order valence-electron chi connectivity index (χ2n) is 5.17. The van der Waals surface area contributed by atoms with E-state index in [-0.39, 0.29) is 33.2 Å². The predicted octanol–water partition coefficient (Wildman–Crippen LogP) is 1.41. The van der Waals surface area contributed by atoms with Gasteiger partial charge in [-0.25, -0.2) is 5.43 Å². The molecule has 2 N–H and O–H groups in total. The van der Waals surface area contributed by atoms with Gasteiger partial charge in [0.05, 0.1) is 21.4 Å². The minimum Gasteiger partial charge on any atom is -0.400 e. The van der Waals surface area contributed by atoms with Crippen LogP contribution in [0.1, 0.15) is 21.6 Å². The summed E-state index contributed by atoms with van der Waals surface area (Å²) in [6.45, 7) is 0. The van der Waals surface area contributed by atoms with Crippen LogP contribution in [0, 0.1) is 30.6 Å². The molecule has 0 aliphatic carbocycles. The van der Waals surface area contributed by atoms with Gasteiger partial charge in [0.15, 0.2) is 0 Å². The molecule has 3 rings (SSSR count). The van der Waals surface area contributed by atoms with Crippen molar-refractivity contribution in [2.24, 2.45) is 5.10 Å². The zero-order chi connectivity index (χ0) is 25.1. The predicted molar refractivity (Wildman–Crippen MR) is 123 cm³/mol. The fraction of sp³-hybridized carbons (Fsp3) is 0.0526. The quantitative estimate of drug-likeness (QED) is 0.177. The van der Waals surface area contributed by atoms with Crippen LogP contribution in [0.3, 0.4) is 0 Å². The number of aliphatic hydroxyl groups excluding tert-OH is 1. The van der Waals surface area contributed by atoms with Crippen molar-refractivity contribution in [3.8, 4) is 0 Å². The molecule has 0 fully saturated rings. The Morgan fingerprint density at radius 3 is 1.85 bits per heavy atom. The Balaban J connectivity index is 0. The summed E-state index contributed by atoms with van der Waals surface area (Å²) in [5.41, 5.74) is 5.17. The van der Waals surface area contributed by atoms with Gasteiger partial charge in [0.25, 0.3) is 5.91 Å². The molecule has 14 nitrogen and oxygen atoms in total. The minimum atomic E-state index is -1.75. The first-order chi connectivity index (χ1) is 15.8. The minimum absolute atomic E-state index is 0. The van der Waals surface area contributed by atoms with E-state index >= 15 is 0 Å². The first-order valence-electron chi connectivity index (χ1n) is 8.64. The van der Waals surface area contributed by atoms with Crippen LogP contribution in [0.15, 0.2) is 84.4 Å². The zero-order valence-electron chi connectivity index (χ0n) is 17.5. The molecule has 0 unspecified atom stereocenters. The average Bonchev–Trinajstić information content (AvgIpc) is 2.82. The summed E-state index contributed by atoms with van der Waals surface area (Å²) in [6, 6.07) is 18.5. The Morgan fingerprint density at radius 1 is 0.853 bits per heavy atom. The van der Waals surface area contributed by atoms with E-state index in [0.29, 0.717) is 17.0 Å². The zero-order valence-corrected chi connectivity index (χ0v) is 21.4. The average molecular weight is 666 g/mol. The second kappa shape index (κ2) is 19.6. The van der Waals surface area contributed by atoms with E-state index < -0.39 is 10.2 Å². The summed E-state index contributed by atoms with van der Waals surface area (Å²) in [7, 11) is 1.00. The van der Waals surface area contributed by atoms with Crippen molar-refractivity contribution in [2.45, 2.75) is 0 Å². The van der Waals surface area contributed by atoms with Gasteiger partial charge in [0.2, 0.25) is 0 Å². The molecule has 2 radical (unpaired) electrons. The van der Waals surface area contributed by atoms with Crippen LogP contribution in [0.5, 0.6) is 0 Å². The number of pyridine rings is 2. The molecule has 176 valence electrons. The van der Waals surface area contributed by atoms with Gasteiger partial charge in [-0.2, -0.15) is 5.10 Å². The topological polar surface area (TPSA) is 220 Å². The summed E-state index contributed by atoms with van der Waals surface area (Å²) < 4.78 is 0. The first-order valence-corrected chi connectivity index (χ1v) is 8.64. The molecule has 0 aliphatic heterocycles. The molecule has 1 aromatic carbocycles. The summed E-state index contributed by atoms with van der Waals surface area (Å²) in [5.74, 6) is -0.317. The van der Waals surface area contributed by atoms with Crippen molar-refractivity contribution in [1.29, 1.82) is 0 Å². The number of amides is 1. The van der Waals surface area contributed by atoms with Gasteiger partial charge in [-0.15, -0.1) is 0 Å². The molecule has 0 atom stereocenters. The molecule has 1 amide bonds. The molecule has 34 heavy (non-hydrogen) atoms. The van der Waals surface area contributed by atoms with Crippen molar-refractivity contribution in [1.82, 2.24) is 15.4 Å². The number of nitrogens with one attached hydrogen (secondary N) is 1. The number of hydrogen-bond acceptors (Lipinski definition) is 11. The van der Waals surface area contributed by atoms with E-state index in [1.54, 1.807) is 24.5 Å². The maximum atomic E-state index is 12.1. The molecule has 0 bridgehead atoms. The van der Waals surface area contributed by atoms with Crippen molar-refractivity contribution in [2.75, 3.05) is 7.11 Å². The van der Waals surface area contributed by atoms with Gasteiger partial charge in [-0.1, -0.05) is 36.4 Å². The van der Waals surface area contributed by atoms with Crippen molar-refractivity contribution < 1.29 is 20.1 Å². The molecule has 2 heterocycles. The van der Waals surface area contributed by atoms with Gasteiger partial charge >= 0.3 is 27.3 Å². The molecular formula is C19H18N6O8Pb. The third-order valence-corrected chi connectivity index (χ3v) is 3.15.